The van der Waals surface area contributed by atoms with Crippen molar-refractivity contribution in [3.05, 3.63) is 42.5 Å². The Bertz CT molecular complexity index is 566. The molecule has 1 aromatic rings. The van der Waals surface area contributed by atoms with Crippen LogP contribution in [0.15, 0.2) is 41.9 Å². The molecule has 0 bridgehead atoms. The van der Waals surface area contributed by atoms with Gasteiger partial charge in [0.1, 0.15) is 5.75 Å². The number of aliphatic hydroxyl groups excluding tert-OH is 1. The maximum absolute atomic E-state index is 10.4. The number of aliphatic hydroxyl groups is 1. The third kappa shape index (κ3) is 6.35. The second-order valence-corrected chi connectivity index (χ2v) is 6.52. The first-order chi connectivity index (χ1) is 12.7. The summed E-state index contributed by atoms with van der Waals surface area (Å²) >= 11 is 0. The van der Waals surface area contributed by atoms with Gasteiger partial charge in [-0.15, -0.1) is 6.58 Å². The van der Waals surface area contributed by atoms with Crippen LogP contribution in [0.5, 0.6) is 5.75 Å². The second kappa shape index (κ2) is 10.8. The normalized spacial score (nSPS) is 17.6. The molecule has 1 heterocycles. The van der Waals surface area contributed by atoms with Crippen LogP contribution in [0.3, 0.4) is 0 Å². The molecule has 0 amide bonds. The molecule has 6 heteroatoms. The molecule has 26 heavy (non-hydrogen) atoms. The summed E-state index contributed by atoms with van der Waals surface area (Å²) in [4.78, 5) is 6.97. The molecule has 144 valence electrons. The zero-order valence-corrected chi connectivity index (χ0v) is 15.9. The van der Waals surface area contributed by atoms with Crippen LogP contribution in [0, 0.1) is 0 Å². The summed E-state index contributed by atoms with van der Waals surface area (Å²) in [7, 11) is 1.63. The van der Waals surface area contributed by atoms with Gasteiger partial charge in [0.15, 0.2) is 5.96 Å². The van der Waals surface area contributed by atoms with Crippen molar-refractivity contribution in [3.63, 3.8) is 0 Å². The van der Waals surface area contributed by atoms with Gasteiger partial charge in [0.2, 0.25) is 0 Å². The highest BCUT2D eigenvalue weighted by molar-refractivity contribution is 5.80. The minimum atomic E-state index is -0.634. The van der Waals surface area contributed by atoms with Gasteiger partial charge in [0.25, 0.3) is 0 Å². The smallest absolute Gasteiger partial charge is 0.191 e. The lowest BCUT2D eigenvalue weighted by Gasteiger charge is -2.32. The average molecular weight is 361 g/mol. The Balaban J connectivity index is 1.88. The fraction of sp³-hybridized carbons (Fsp3) is 0.550. The summed E-state index contributed by atoms with van der Waals surface area (Å²) in [5, 5.41) is 17.2. The molecule has 1 aromatic carbocycles. The van der Waals surface area contributed by atoms with E-state index < -0.39 is 6.10 Å². The summed E-state index contributed by atoms with van der Waals surface area (Å²) in [5.41, 5.74) is 0.836. The molecular formula is C20H32N4O2. The molecule has 1 aliphatic rings. The van der Waals surface area contributed by atoms with E-state index in [9.17, 15) is 5.11 Å². The molecule has 0 saturated carbocycles. The summed E-state index contributed by atoms with van der Waals surface area (Å²) in [6.07, 6.45) is 3.49. The van der Waals surface area contributed by atoms with E-state index in [1.807, 2.05) is 37.3 Å². The first kappa shape index (κ1) is 20.3. The number of aliphatic imine (C=N–C) groups is 1. The Morgan fingerprint density at radius 3 is 2.65 bits per heavy atom. The fourth-order valence-electron chi connectivity index (χ4n) is 3.07. The Hall–Kier alpha value is -2.05. The van der Waals surface area contributed by atoms with E-state index in [1.165, 1.54) is 0 Å². The maximum Gasteiger partial charge on any atom is 0.191 e. The van der Waals surface area contributed by atoms with E-state index in [0.717, 1.165) is 56.3 Å². The monoisotopic (exact) mass is 360 g/mol. The topological polar surface area (TPSA) is 69.1 Å². The highest BCUT2D eigenvalue weighted by Crippen LogP contribution is 2.17. The van der Waals surface area contributed by atoms with Crippen molar-refractivity contribution in [2.24, 2.45) is 4.99 Å². The lowest BCUT2D eigenvalue weighted by molar-refractivity contribution is 0.186. The number of rotatable bonds is 8. The van der Waals surface area contributed by atoms with Crippen molar-refractivity contribution in [3.8, 4) is 5.75 Å². The average Bonchev–Trinajstić information content (AvgIpc) is 2.68. The van der Waals surface area contributed by atoms with E-state index >= 15 is 0 Å². The van der Waals surface area contributed by atoms with Crippen LogP contribution >= 0.6 is 0 Å². The SMILES string of the molecule is C=CCN1CCC(NC(=NCC(O)c2ccc(OC)cc2)NCC)CC1. The van der Waals surface area contributed by atoms with Crippen molar-refractivity contribution in [2.45, 2.75) is 31.9 Å². The van der Waals surface area contributed by atoms with Gasteiger partial charge in [-0.3, -0.25) is 9.89 Å². The lowest BCUT2D eigenvalue weighted by atomic mass is 10.1. The summed E-state index contributed by atoms with van der Waals surface area (Å²) < 4.78 is 5.15. The Morgan fingerprint density at radius 1 is 1.38 bits per heavy atom. The first-order valence-corrected chi connectivity index (χ1v) is 9.36. The molecule has 1 saturated heterocycles. The first-order valence-electron chi connectivity index (χ1n) is 9.36. The molecule has 6 nitrogen and oxygen atoms in total. The van der Waals surface area contributed by atoms with Crippen molar-refractivity contribution in [2.75, 3.05) is 39.8 Å². The summed E-state index contributed by atoms with van der Waals surface area (Å²) in [6.45, 7) is 10.0. The van der Waals surface area contributed by atoms with Gasteiger partial charge in [-0.25, -0.2) is 0 Å². The van der Waals surface area contributed by atoms with Crippen molar-refractivity contribution >= 4 is 5.96 Å². The largest absolute Gasteiger partial charge is 0.497 e. The van der Waals surface area contributed by atoms with Crippen LogP contribution in [-0.2, 0) is 0 Å². The van der Waals surface area contributed by atoms with Gasteiger partial charge in [0.05, 0.1) is 19.8 Å². The number of hydrogen-bond acceptors (Lipinski definition) is 4. The maximum atomic E-state index is 10.4. The minimum absolute atomic E-state index is 0.316. The van der Waals surface area contributed by atoms with Crippen LogP contribution in [0.25, 0.3) is 0 Å². The number of piperidine rings is 1. The van der Waals surface area contributed by atoms with E-state index in [-0.39, 0.29) is 0 Å². The molecular weight excluding hydrogens is 328 g/mol. The lowest BCUT2D eigenvalue weighted by Crippen LogP contribution is -2.48. The predicted octanol–water partition coefficient (Wildman–Crippen LogP) is 1.93. The van der Waals surface area contributed by atoms with Gasteiger partial charge in [-0.05, 0) is 37.5 Å². The number of guanidine groups is 1. The minimum Gasteiger partial charge on any atom is -0.497 e. The number of hydrogen-bond donors (Lipinski definition) is 3. The number of benzene rings is 1. The zero-order chi connectivity index (χ0) is 18.8. The van der Waals surface area contributed by atoms with Gasteiger partial charge < -0.3 is 20.5 Å². The zero-order valence-electron chi connectivity index (χ0n) is 15.9. The molecule has 0 aliphatic carbocycles. The van der Waals surface area contributed by atoms with Crippen LogP contribution in [0.1, 0.15) is 31.4 Å². The van der Waals surface area contributed by atoms with Crippen molar-refractivity contribution in [1.82, 2.24) is 15.5 Å². The van der Waals surface area contributed by atoms with Crippen molar-refractivity contribution < 1.29 is 9.84 Å². The summed E-state index contributed by atoms with van der Waals surface area (Å²) in [6, 6.07) is 7.85. The number of ether oxygens (including phenoxy) is 1. The van der Waals surface area contributed by atoms with E-state index in [1.54, 1.807) is 7.11 Å². The third-order valence-electron chi connectivity index (χ3n) is 4.58. The van der Waals surface area contributed by atoms with Gasteiger partial charge in [-0.2, -0.15) is 0 Å². The van der Waals surface area contributed by atoms with Crippen LogP contribution in [-0.4, -0.2) is 61.8 Å². The number of nitrogens with zero attached hydrogens (tertiary/aromatic N) is 2. The van der Waals surface area contributed by atoms with Gasteiger partial charge in [0, 0.05) is 32.2 Å². The van der Waals surface area contributed by atoms with Crippen LogP contribution < -0.4 is 15.4 Å². The molecule has 2 rings (SSSR count). The molecule has 1 aliphatic heterocycles. The Kier molecular flexibility index (Phi) is 8.44. The number of likely N-dealkylation sites (tertiary alicyclic amines) is 1. The molecule has 3 N–H and O–H groups in total. The quantitative estimate of drug-likeness (QED) is 0.375. The molecule has 1 atom stereocenters. The van der Waals surface area contributed by atoms with Crippen molar-refractivity contribution in [1.29, 1.82) is 0 Å². The molecule has 0 radical (unpaired) electrons. The molecule has 1 unspecified atom stereocenters. The number of methoxy groups -OCH3 is 1. The number of nitrogens with one attached hydrogen (secondary N) is 2. The van der Waals surface area contributed by atoms with Gasteiger partial charge >= 0.3 is 0 Å². The third-order valence-corrected chi connectivity index (χ3v) is 4.58. The van der Waals surface area contributed by atoms with Crippen LogP contribution in [0.4, 0.5) is 0 Å². The van der Waals surface area contributed by atoms with Crippen LogP contribution in [0.2, 0.25) is 0 Å². The summed E-state index contributed by atoms with van der Waals surface area (Å²) in [5.74, 6) is 1.55. The molecule has 0 aromatic heterocycles. The molecule has 0 spiro atoms. The second-order valence-electron chi connectivity index (χ2n) is 6.52. The predicted molar refractivity (Wildman–Crippen MR) is 107 cm³/mol. The Morgan fingerprint density at radius 2 is 2.08 bits per heavy atom. The molecule has 1 fully saturated rings. The highest BCUT2D eigenvalue weighted by atomic mass is 16.5. The van der Waals surface area contributed by atoms with E-state index in [0.29, 0.717) is 12.6 Å². The Labute approximate surface area is 157 Å². The van der Waals surface area contributed by atoms with E-state index in [4.69, 9.17) is 4.74 Å². The fourth-order valence-corrected chi connectivity index (χ4v) is 3.07. The van der Waals surface area contributed by atoms with E-state index in [2.05, 4.69) is 27.1 Å². The standard InChI is InChI=1S/C20H32N4O2/c1-4-12-24-13-10-17(11-14-24)23-20(21-5-2)22-15-19(25)16-6-8-18(26-3)9-7-16/h4,6-9,17,19,25H,1,5,10-15H2,2-3H3,(H2,21,22,23). The van der Waals surface area contributed by atoms with Gasteiger partial charge in [-0.1, -0.05) is 18.2 Å². The highest BCUT2D eigenvalue weighted by Gasteiger charge is 2.19.